The van der Waals surface area contributed by atoms with Crippen molar-refractivity contribution in [3.63, 3.8) is 0 Å². The van der Waals surface area contributed by atoms with Crippen molar-refractivity contribution in [2.75, 3.05) is 26.2 Å². The summed E-state index contributed by atoms with van der Waals surface area (Å²) in [5, 5.41) is 12.6. The van der Waals surface area contributed by atoms with E-state index in [1.165, 1.54) is 12.8 Å². The average Bonchev–Trinajstić information content (AvgIpc) is 3.05. The zero-order valence-electron chi connectivity index (χ0n) is 13.1. The number of nitrogens with one attached hydrogen (secondary N) is 1. The van der Waals surface area contributed by atoms with Crippen LogP contribution in [0.1, 0.15) is 50.1 Å². The first kappa shape index (κ1) is 16.0. The lowest BCUT2D eigenvalue weighted by Crippen LogP contribution is -2.39. The van der Waals surface area contributed by atoms with Gasteiger partial charge in [0.25, 0.3) is 5.89 Å². The van der Waals surface area contributed by atoms with E-state index in [4.69, 9.17) is 4.42 Å². The highest BCUT2D eigenvalue weighted by molar-refractivity contribution is 5.89. The maximum absolute atomic E-state index is 11.9. The fourth-order valence-electron chi connectivity index (χ4n) is 2.34. The maximum Gasteiger partial charge on any atom is 0.307 e. The number of oxazole rings is 1. The maximum atomic E-state index is 11.9. The topological polar surface area (TPSA) is 78.6 Å². The molecule has 1 fully saturated rings. The minimum absolute atomic E-state index is 0.0493. The molecule has 1 aromatic heterocycles. The van der Waals surface area contributed by atoms with Gasteiger partial charge >= 0.3 is 5.91 Å². The Labute approximate surface area is 125 Å². The Bertz CT molecular complexity index is 473. The molecule has 2 N–H and O–H groups in total. The Morgan fingerprint density at radius 3 is 2.71 bits per heavy atom. The zero-order valence-corrected chi connectivity index (χ0v) is 13.1. The van der Waals surface area contributed by atoms with Crippen molar-refractivity contribution in [1.29, 1.82) is 0 Å². The molecule has 2 heterocycles. The summed E-state index contributed by atoms with van der Waals surface area (Å²) in [5.74, 6) is 0.338. The molecule has 1 atom stereocenters. The third kappa shape index (κ3) is 4.54. The second-order valence-corrected chi connectivity index (χ2v) is 6.65. The monoisotopic (exact) mass is 295 g/mol. The number of β-amino-alcohol motifs (C(OH)–C–C–N with tert-alkyl or cyclic N) is 1. The minimum Gasteiger partial charge on any atom is -0.437 e. The van der Waals surface area contributed by atoms with E-state index in [1.807, 2.05) is 20.8 Å². The van der Waals surface area contributed by atoms with Gasteiger partial charge in [-0.3, -0.25) is 4.79 Å². The molecule has 6 nitrogen and oxygen atoms in total. The van der Waals surface area contributed by atoms with Gasteiger partial charge < -0.3 is 19.7 Å². The molecule has 2 rings (SSSR count). The van der Waals surface area contributed by atoms with E-state index in [9.17, 15) is 9.90 Å². The van der Waals surface area contributed by atoms with Crippen LogP contribution in [0.4, 0.5) is 0 Å². The lowest BCUT2D eigenvalue weighted by molar-refractivity contribution is 0.0845. The van der Waals surface area contributed by atoms with Gasteiger partial charge in [-0.25, -0.2) is 4.98 Å². The van der Waals surface area contributed by atoms with Crippen LogP contribution in [0.25, 0.3) is 0 Å². The van der Waals surface area contributed by atoms with Crippen LogP contribution < -0.4 is 5.32 Å². The number of carbonyl (C=O) groups excluding carboxylic acids is 1. The van der Waals surface area contributed by atoms with Gasteiger partial charge in [0, 0.05) is 18.5 Å². The number of aliphatic hydroxyl groups excluding tert-OH is 1. The zero-order chi connectivity index (χ0) is 15.5. The summed E-state index contributed by atoms with van der Waals surface area (Å²) in [6.45, 7) is 8.85. The number of nitrogens with zero attached hydrogens (tertiary/aromatic N) is 2. The van der Waals surface area contributed by atoms with Crippen molar-refractivity contribution >= 4 is 5.91 Å². The molecule has 1 saturated heterocycles. The molecule has 0 saturated carbocycles. The van der Waals surface area contributed by atoms with Crippen molar-refractivity contribution in [2.45, 2.75) is 45.1 Å². The predicted octanol–water partition coefficient (Wildman–Crippen LogP) is 1.16. The van der Waals surface area contributed by atoms with Crippen LogP contribution in [0.2, 0.25) is 0 Å². The number of carbonyl (C=O) groups is 1. The van der Waals surface area contributed by atoms with E-state index >= 15 is 0 Å². The first-order valence-corrected chi connectivity index (χ1v) is 7.51. The molecule has 1 aromatic rings. The van der Waals surface area contributed by atoms with Crippen LogP contribution in [-0.2, 0) is 5.41 Å². The molecule has 0 aliphatic carbocycles. The molecule has 0 unspecified atom stereocenters. The summed E-state index contributed by atoms with van der Waals surface area (Å²) < 4.78 is 5.46. The molecule has 118 valence electrons. The van der Waals surface area contributed by atoms with Gasteiger partial charge in [0.15, 0.2) is 0 Å². The van der Waals surface area contributed by atoms with Crippen molar-refractivity contribution in [2.24, 2.45) is 0 Å². The van der Waals surface area contributed by atoms with Gasteiger partial charge in [-0.15, -0.1) is 0 Å². The van der Waals surface area contributed by atoms with Crippen LogP contribution in [0.15, 0.2) is 10.6 Å². The Morgan fingerprint density at radius 1 is 1.48 bits per heavy atom. The first-order valence-electron chi connectivity index (χ1n) is 7.51. The van der Waals surface area contributed by atoms with Crippen LogP contribution in [0.5, 0.6) is 0 Å². The smallest absolute Gasteiger partial charge is 0.307 e. The quantitative estimate of drug-likeness (QED) is 0.852. The molecule has 0 radical (unpaired) electrons. The summed E-state index contributed by atoms with van der Waals surface area (Å²) in [4.78, 5) is 18.1. The van der Waals surface area contributed by atoms with Crippen molar-refractivity contribution in [3.8, 4) is 0 Å². The Kier molecular flexibility index (Phi) is 5.00. The summed E-state index contributed by atoms with van der Waals surface area (Å²) in [6.07, 6.45) is 3.38. The summed E-state index contributed by atoms with van der Waals surface area (Å²) in [7, 11) is 0. The molecule has 6 heteroatoms. The van der Waals surface area contributed by atoms with Gasteiger partial charge in [0.2, 0.25) is 0 Å². The summed E-state index contributed by atoms with van der Waals surface area (Å²) >= 11 is 0. The molecule has 1 amide bonds. The fraction of sp³-hybridized carbons (Fsp3) is 0.733. The van der Waals surface area contributed by atoms with E-state index in [2.05, 4.69) is 15.2 Å². The fourth-order valence-corrected chi connectivity index (χ4v) is 2.34. The SMILES string of the molecule is CC(C)(C)c1cnc(C(=O)NC[C@H](O)CN2CCCC2)o1. The summed E-state index contributed by atoms with van der Waals surface area (Å²) in [6, 6.07) is 0. The predicted molar refractivity (Wildman–Crippen MR) is 79.2 cm³/mol. The van der Waals surface area contributed by atoms with Crippen molar-refractivity contribution in [3.05, 3.63) is 17.8 Å². The van der Waals surface area contributed by atoms with Crippen LogP contribution in [0.3, 0.4) is 0 Å². The average molecular weight is 295 g/mol. The Hall–Kier alpha value is -1.40. The van der Waals surface area contributed by atoms with Gasteiger partial charge in [0.05, 0.1) is 12.3 Å². The Morgan fingerprint density at radius 2 is 2.14 bits per heavy atom. The largest absolute Gasteiger partial charge is 0.437 e. The van der Waals surface area contributed by atoms with Gasteiger partial charge in [-0.05, 0) is 25.9 Å². The number of aliphatic hydroxyl groups is 1. The number of amides is 1. The second kappa shape index (κ2) is 6.58. The molecule has 1 aliphatic heterocycles. The van der Waals surface area contributed by atoms with E-state index in [0.29, 0.717) is 12.3 Å². The lowest BCUT2D eigenvalue weighted by Gasteiger charge is -2.19. The van der Waals surface area contributed by atoms with E-state index in [1.54, 1.807) is 6.20 Å². The van der Waals surface area contributed by atoms with Crippen molar-refractivity contribution in [1.82, 2.24) is 15.2 Å². The number of likely N-dealkylation sites (tertiary alicyclic amines) is 1. The molecule has 1 aliphatic rings. The first-order chi connectivity index (χ1) is 9.86. The van der Waals surface area contributed by atoms with Gasteiger partial charge in [-0.2, -0.15) is 0 Å². The highest BCUT2D eigenvalue weighted by Gasteiger charge is 2.22. The van der Waals surface area contributed by atoms with E-state index in [-0.39, 0.29) is 23.8 Å². The highest BCUT2D eigenvalue weighted by Crippen LogP contribution is 2.22. The molecular weight excluding hydrogens is 270 g/mol. The van der Waals surface area contributed by atoms with E-state index in [0.717, 1.165) is 13.1 Å². The molecule has 21 heavy (non-hydrogen) atoms. The number of hydrogen-bond donors (Lipinski definition) is 2. The minimum atomic E-state index is -0.566. The molecule has 0 bridgehead atoms. The second-order valence-electron chi connectivity index (χ2n) is 6.65. The number of rotatable bonds is 5. The third-order valence-corrected chi connectivity index (χ3v) is 3.61. The van der Waals surface area contributed by atoms with E-state index < -0.39 is 6.10 Å². The van der Waals surface area contributed by atoms with Gasteiger partial charge in [-0.1, -0.05) is 20.8 Å². The molecular formula is C15H25N3O3. The van der Waals surface area contributed by atoms with Crippen LogP contribution >= 0.6 is 0 Å². The lowest BCUT2D eigenvalue weighted by atomic mass is 9.94. The summed E-state index contributed by atoms with van der Waals surface area (Å²) in [5.41, 5.74) is -0.180. The van der Waals surface area contributed by atoms with Gasteiger partial charge in [0.1, 0.15) is 5.76 Å². The molecule has 0 aromatic carbocycles. The van der Waals surface area contributed by atoms with Crippen molar-refractivity contribution < 1.29 is 14.3 Å². The normalized spacial score (nSPS) is 17.9. The van der Waals surface area contributed by atoms with Crippen LogP contribution in [-0.4, -0.2) is 53.2 Å². The third-order valence-electron chi connectivity index (χ3n) is 3.61. The highest BCUT2D eigenvalue weighted by atomic mass is 16.4. The number of aromatic nitrogens is 1. The number of hydrogen-bond acceptors (Lipinski definition) is 5. The molecule has 0 spiro atoms. The Balaban J connectivity index is 1.79. The standard InChI is InChI=1S/C15H25N3O3/c1-15(2,3)12-9-17-14(21-12)13(20)16-8-11(19)10-18-6-4-5-7-18/h9,11,19H,4-8,10H2,1-3H3,(H,16,20)/t11-/m0/s1. The van der Waals surface area contributed by atoms with Crippen LogP contribution in [0, 0.1) is 0 Å².